The van der Waals surface area contributed by atoms with Crippen molar-refractivity contribution in [3.63, 3.8) is 0 Å². The summed E-state index contributed by atoms with van der Waals surface area (Å²) < 4.78 is 0. The maximum absolute atomic E-state index is 4.03. The van der Waals surface area contributed by atoms with Crippen LogP contribution in [0.4, 0.5) is 0 Å². The van der Waals surface area contributed by atoms with E-state index in [1.54, 1.807) is 0 Å². The normalized spacial score (nSPS) is 13.0. The highest BCUT2D eigenvalue weighted by atomic mass is 15.1. The molecule has 1 aromatic heterocycles. The molecule has 0 spiro atoms. The van der Waals surface area contributed by atoms with Gasteiger partial charge >= 0.3 is 0 Å². The Morgan fingerprint density at radius 2 is 2.06 bits per heavy atom. The van der Waals surface area contributed by atoms with Crippen molar-refractivity contribution < 1.29 is 0 Å². The number of nitrogens with one attached hydrogen (secondary N) is 1. The van der Waals surface area contributed by atoms with E-state index < -0.39 is 0 Å². The van der Waals surface area contributed by atoms with Crippen LogP contribution in [0.3, 0.4) is 0 Å². The molecule has 3 heteroatoms. The molecule has 0 bridgehead atoms. The average molecular weight is 221 g/mol. The molecule has 0 aliphatic rings. The minimum absolute atomic E-state index is 0.555. The van der Waals surface area contributed by atoms with Crippen molar-refractivity contribution in [2.24, 2.45) is 0 Å². The van der Waals surface area contributed by atoms with E-state index in [2.05, 4.69) is 48.2 Å². The molecule has 0 saturated heterocycles. The molecule has 0 amide bonds. The Morgan fingerprint density at radius 3 is 2.69 bits per heavy atom. The van der Waals surface area contributed by atoms with Crippen molar-refractivity contribution in [3.05, 3.63) is 30.1 Å². The van der Waals surface area contributed by atoms with Gasteiger partial charge in [-0.2, -0.15) is 0 Å². The van der Waals surface area contributed by atoms with Crippen LogP contribution in [0.1, 0.15) is 25.8 Å². The number of likely N-dealkylation sites (N-methyl/N-ethyl adjacent to an activating group) is 1. The van der Waals surface area contributed by atoms with E-state index in [-0.39, 0.29) is 0 Å². The molecule has 1 atom stereocenters. The maximum Gasteiger partial charge on any atom is 0.0271 e. The van der Waals surface area contributed by atoms with Crippen LogP contribution < -0.4 is 5.32 Å². The SMILES string of the molecule is CCCNCC(C)N(C)Cc1ccncc1. The Balaban J connectivity index is 2.31. The van der Waals surface area contributed by atoms with E-state index in [4.69, 9.17) is 0 Å². The van der Waals surface area contributed by atoms with Crippen molar-refractivity contribution >= 4 is 0 Å². The Labute approximate surface area is 98.9 Å². The van der Waals surface area contributed by atoms with Crippen molar-refractivity contribution in [2.75, 3.05) is 20.1 Å². The first-order valence-corrected chi connectivity index (χ1v) is 6.04. The molecule has 16 heavy (non-hydrogen) atoms. The zero-order valence-corrected chi connectivity index (χ0v) is 10.6. The average Bonchev–Trinajstić information content (AvgIpc) is 2.30. The van der Waals surface area contributed by atoms with Crippen molar-refractivity contribution in [1.29, 1.82) is 0 Å². The molecule has 1 rings (SSSR count). The Kier molecular flexibility index (Phi) is 6.04. The summed E-state index contributed by atoms with van der Waals surface area (Å²) in [5, 5.41) is 3.45. The second-order valence-corrected chi connectivity index (χ2v) is 4.32. The number of pyridine rings is 1. The molecule has 1 unspecified atom stereocenters. The van der Waals surface area contributed by atoms with E-state index in [0.29, 0.717) is 6.04 Å². The zero-order valence-electron chi connectivity index (χ0n) is 10.6. The van der Waals surface area contributed by atoms with Gasteiger partial charge in [-0.25, -0.2) is 0 Å². The second kappa shape index (κ2) is 7.36. The minimum atomic E-state index is 0.555. The summed E-state index contributed by atoms with van der Waals surface area (Å²) in [5.74, 6) is 0. The van der Waals surface area contributed by atoms with E-state index in [1.807, 2.05) is 12.4 Å². The van der Waals surface area contributed by atoms with E-state index in [9.17, 15) is 0 Å². The molecule has 0 aliphatic carbocycles. The second-order valence-electron chi connectivity index (χ2n) is 4.32. The number of rotatable bonds is 7. The van der Waals surface area contributed by atoms with Gasteiger partial charge in [0.15, 0.2) is 0 Å². The summed E-state index contributed by atoms with van der Waals surface area (Å²) in [6.07, 6.45) is 4.90. The van der Waals surface area contributed by atoms with Gasteiger partial charge in [0, 0.05) is 31.5 Å². The zero-order chi connectivity index (χ0) is 11.8. The van der Waals surface area contributed by atoms with Gasteiger partial charge in [0.1, 0.15) is 0 Å². The minimum Gasteiger partial charge on any atom is -0.315 e. The molecule has 3 nitrogen and oxygen atoms in total. The number of nitrogens with zero attached hydrogens (tertiary/aromatic N) is 2. The third-order valence-corrected chi connectivity index (χ3v) is 2.80. The first-order valence-electron chi connectivity index (χ1n) is 6.04. The molecular formula is C13H23N3. The molecule has 0 radical (unpaired) electrons. The molecule has 0 fully saturated rings. The quantitative estimate of drug-likeness (QED) is 0.713. The summed E-state index contributed by atoms with van der Waals surface area (Å²) in [5.41, 5.74) is 1.32. The molecule has 90 valence electrons. The Hall–Kier alpha value is -0.930. The predicted molar refractivity (Wildman–Crippen MR) is 68.3 cm³/mol. The van der Waals surface area contributed by atoms with Gasteiger partial charge in [0.05, 0.1) is 0 Å². The standard InChI is InChI=1S/C13H23N3/c1-4-7-15-10-12(2)16(3)11-13-5-8-14-9-6-13/h5-6,8-9,12,15H,4,7,10-11H2,1-3H3. The van der Waals surface area contributed by atoms with Crippen molar-refractivity contribution in [1.82, 2.24) is 15.2 Å². The number of hydrogen-bond acceptors (Lipinski definition) is 3. The highest BCUT2D eigenvalue weighted by Crippen LogP contribution is 2.04. The monoisotopic (exact) mass is 221 g/mol. The molecular weight excluding hydrogens is 198 g/mol. The fraction of sp³-hybridized carbons (Fsp3) is 0.615. The van der Waals surface area contributed by atoms with Crippen LogP contribution in [-0.2, 0) is 6.54 Å². The Morgan fingerprint density at radius 1 is 1.38 bits per heavy atom. The van der Waals surface area contributed by atoms with Gasteiger partial charge in [-0.15, -0.1) is 0 Å². The fourth-order valence-corrected chi connectivity index (χ4v) is 1.58. The summed E-state index contributed by atoms with van der Waals surface area (Å²) in [4.78, 5) is 6.39. The summed E-state index contributed by atoms with van der Waals surface area (Å²) >= 11 is 0. The van der Waals surface area contributed by atoms with Gasteiger partial charge in [-0.1, -0.05) is 6.92 Å². The lowest BCUT2D eigenvalue weighted by Gasteiger charge is -2.25. The lowest BCUT2D eigenvalue weighted by molar-refractivity contribution is 0.243. The largest absolute Gasteiger partial charge is 0.315 e. The van der Waals surface area contributed by atoms with Crippen LogP contribution in [0.15, 0.2) is 24.5 Å². The van der Waals surface area contributed by atoms with Crippen molar-refractivity contribution in [2.45, 2.75) is 32.9 Å². The number of hydrogen-bond donors (Lipinski definition) is 1. The topological polar surface area (TPSA) is 28.2 Å². The Bertz CT molecular complexity index is 274. The smallest absolute Gasteiger partial charge is 0.0271 e. The summed E-state index contributed by atoms with van der Waals surface area (Å²) in [7, 11) is 2.17. The van der Waals surface area contributed by atoms with E-state index in [1.165, 1.54) is 12.0 Å². The van der Waals surface area contributed by atoms with Crippen molar-refractivity contribution in [3.8, 4) is 0 Å². The number of aromatic nitrogens is 1. The molecule has 0 aliphatic heterocycles. The first kappa shape index (κ1) is 13.1. The van der Waals surface area contributed by atoms with Gasteiger partial charge in [-0.3, -0.25) is 9.88 Å². The maximum atomic E-state index is 4.03. The van der Waals surface area contributed by atoms with Gasteiger partial charge < -0.3 is 5.32 Å². The van der Waals surface area contributed by atoms with Crippen LogP contribution >= 0.6 is 0 Å². The first-order chi connectivity index (χ1) is 7.74. The van der Waals surface area contributed by atoms with E-state index >= 15 is 0 Å². The molecule has 1 heterocycles. The van der Waals surface area contributed by atoms with Crippen LogP contribution in [0.25, 0.3) is 0 Å². The molecule has 0 aromatic carbocycles. The van der Waals surface area contributed by atoms with Gasteiger partial charge in [-0.05, 0) is 44.6 Å². The molecule has 0 saturated carbocycles. The third kappa shape index (κ3) is 4.73. The van der Waals surface area contributed by atoms with Crippen LogP contribution in [0, 0.1) is 0 Å². The summed E-state index contributed by atoms with van der Waals surface area (Å²) in [6.45, 7) is 7.59. The third-order valence-electron chi connectivity index (χ3n) is 2.80. The predicted octanol–water partition coefficient (Wildman–Crippen LogP) is 1.90. The van der Waals surface area contributed by atoms with Gasteiger partial charge in [0.25, 0.3) is 0 Å². The lowest BCUT2D eigenvalue weighted by atomic mass is 10.2. The highest BCUT2D eigenvalue weighted by molar-refractivity contribution is 5.09. The van der Waals surface area contributed by atoms with E-state index in [0.717, 1.165) is 19.6 Å². The van der Waals surface area contributed by atoms with Crippen LogP contribution in [-0.4, -0.2) is 36.1 Å². The highest BCUT2D eigenvalue weighted by Gasteiger charge is 2.08. The summed E-state index contributed by atoms with van der Waals surface area (Å²) in [6, 6.07) is 4.70. The van der Waals surface area contributed by atoms with Gasteiger partial charge in [0.2, 0.25) is 0 Å². The van der Waals surface area contributed by atoms with Crippen LogP contribution in [0.2, 0.25) is 0 Å². The lowest BCUT2D eigenvalue weighted by Crippen LogP contribution is -2.37. The van der Waals surface area contributed by atoms with Crippen LogP contribution in [0.5, 0.6) is 0 Å². The molecule has 1 aromatic rings. The molecule has 1 N–H and O–H groups in total. The fourth-order valence-electron chi connectivity index (χ4n) is 1.58.